The number of halogens is 2. The highest BCUT2D eigenvalue weighted by molar-refractivity contribution is 9.10. The third-order valence-corrected chi connectivity index (χ3v) is 5.09. The maximum atomic E-state index is 13.1. The van der Waals surface area contributed by atoms with Gasteiger partial charge in [-0.3, -0.25) is 0 Å². The van der Waals surface area contributed by atoms with Crippen LogP contribution in [-0.2, 0) is 6.61 Å². The molecule has 1 N–H and O–H groups in total. The van der Waals surface area contributed by atoms with Crippen molar-refractivity contribution in [1.82, 2.24) is 9.97 Å². The number of hydrogen-bond donors (Lipinski definition) is 1. The number of aryl methyl sites for hydroxylation is 1. The standard InChI is InChI=1S/C24H17BrFN3O/c1-15-2-8-21-22(10-15)29-24(28-21)18(13-27)11-17-12-19(25)5-9-23(17)30-14-16-3-6-20(26)7-4-16/h2-12H,14H2,1H3,(H,28,29). The third-order valence-electron chi connectivity index (χ3n) is 4.59. The van der Waals surface area contributed by atoms with Crippen LogP contribution in [0.3, 0.4) is 0 Å². The molecule has 0 saturated carbocycles. The summed E-state index contributed by atoms with van der Waals surface area (Å²) in [7, 11) is 0. The monoisotopic (exact) mass is 461 g/mol. The van der Waals surface area contributed by atoms with Crippen molar-refractivity contribution in [2.24, 2.45) is 0 Å². The number of imidazole rings is 1. The van der Waals surface area contributed by atoms with E-state index in [0.717, 1.165) is 32.2 Å². The molecule has 148 valence electrons. The molecule has 0 unspecified atom stereocenters. The molecule has 0 aliphatic rings. The van der Waals surface area contributed by atoms with Crippen molar-refractivity contribution >= 4 is 38.6 Å². The second-order valence-corrected chi connectivity index (χ2v) is 7.79. The predicted molar refractivity (Wildman–Crippen MR) is 119 cm³/mol. The molecule has 0 aliphatic heterocycles. The quantitative estimate of drug-likeness (QED) is 0.349. The molecular weight excluding hydrogens is 445 g/mol. The minimum atomic E-state index is -0.286. The van der Waals surface area contributed by atoms with Gasteiger partial charge < -0.3 is 9.72 Å². The second-order valence-electron chi connectivity index (χ2n) is 6.87. The molecule has 0 spiro atoms. The number of nitrogens with zero attached hydrogens (tertiary/aromatic N) is 2. The van der Waals surface area contributed by atoms with E-state index in [9.17, 15) is 9.65 Å². The fraction of sp³-hybridized carbons (Fsp3) is 0.0833. The molecule has 0 bridgehead atoms. The van der Waals surface area contributed by atoms with Crippen molar-refractivity contribution in [3.05, 3.63) is 93.5 Å². The molecule has 3 aromatic carbocycles. The van der Waals surface area contributed by atoms with Gasteiger partial charge in [0, 0.05) is 10.0 Å². The summed E-state index contributed by atoms with van der Waals surface area (Å²) in [5.74, 6) is 0.829. The van der Waals surface area contributed by atoms with Gasteiger partial charge in [0.2, 0.25) is 0 Å². The number of H-pyrrole nitrogens is 1. The topological polar surface area (TPSA) is 61.7 Å². The summed E-state index contributed by atoms with van der Waals surface area (Å²) in [5, 5.41) is 9.75. The number of hydrogen-bond acceptors (Lipinski definition) is 3. The van der Waals surface area contributed by atoms with Crippen LogP contribution in [0.1, 0.15) is 22.5 Å². The molecule has 0 aliphatic carbocycles. The molecule has 4 aromatic rings. The van der Waals surface area contributed by atoms with E-state index in [1.54, 1.807) is 18.2 Å². The smallest absolute Gasteiger partial charge is 0.149 e. The van der Waals surface area contributed by atoms with Gasteiger partial charge in [-0.25, -0.2) is 9.37 Å². The highest BCUT2D eigenvalue weighted by Gasteiger charge is 2.11. The summed E-state index contributed by atoms with van der Waals surface area (Å²) in [6.45, 7) is 2.29. The van der Waals surface area contributed by atoms with E-state index in [0.29, 0.717) is 17.1 Å². The second kappa shape index (κ2) is 8.52. The number of benzene rings is 3. The van der Waals surface area contributed by atoms with Crippen LogP contribution in [0.5, 0.6) is 5.75 Å². The Morgan fingerprint density at radius 2 is 1.97 bits per heavy atom. The fourth-order valence-electron chi connectivity index (χ4n) is 3.07. The minimum Gasteiger partial charge on any atom is -0.488 e. The zero-order valence-electron chi connectivity index (χ0n) is 16.1. The van der Waals surface area contributed by atoms with Crippen LogP contribution in [0, 0.1) is 24.1 Å². The number of nitrogens with one attached hydrogen (secondary N) is 1. The average Bonchev–Trinajstić information content (AvgIpc) is 3.15. The normalized spacial score (nSPS) is 11.5. The summed E-state index contributed by atoms with van der Waals surface area (Å²) >= 11 is 3.47. The summed E-state index contributed by atoms with van der Waals surface area (Å²) in [5.41, 5.74) is 4.78. The number of aromatic nitrogens is 2. The van der Waals surface area contributed by atoms with Crippen LogP contribution in [0.25, 0.3) is 22.7 Å². The van der Waals surface area contributed by atoms with E-state index in [4.69, 9.17) is 4.74 Å². The molecule has 4 rings (SSSR count). The van der Waals surface area contributed by atoms with Gasteiger partial charge in [-0.2, -0.15) is 5.26 Å². The summed E-state index contributed by atoms with van der Waals surface area (Å²) < 4.78 is 19.9. The van der Waals surface area contributed by atoms with Crippen LogP contribution in [0.15, 0.2) is 65.1 Å². The van der Waals surface area contributed by atoms with E-state index in [-0.39, 0.29) is 12.4 Å². The highest BCUT2D eigenvalue weighted by atomic mass is 79.9. The number of nitriles is 1. The minimum absolute atomic E-state index is 0.286. The number of fused-ring (bicyclic) bond motifs is 1. The van der Waals surface area contributed by atoms with Gasteiger partial charge >= 0.3 is 0 Å². The average molecular weight is 462 g/mol. The number of ether oxygens (including phenoxy) is 1. The summed E-state index contributed by atoms with van der Waals surface area (Å²) in [4.78, 5) is 7.76. The zero-order chi connectivity index (χ0) is 21.1. The van der Waals surface area contributed by atoms with E-state index < -0.39 is 0 Å². The van der Waals surface area contributed by atoms with Gasteiger partial charge in [-0.1, -0.05) is 34.1 Å². The Balaban J connectivity index is 1.67. The first-order valence-electron chi connectivity index (χ1n) is 9.27. The van der Waals surface area contributed by atoms with Gasteiger partial charge in [0.15, 0.2) is 0 Å². The molecule has 0 saturated heterocycles. The van der Waals surface area contributed by atoms with Crippen LogP contribution in [0.2, 0.25) is 0 Å². The zero-order valence-corrected chi connectivity index (χ0v) is 17.7. The van der Waals surface area contributed by atoms with Crippen molar-refractivity contribution in [2.45, 2.75) is 13.5 Å². The Kier molecular flexibility index (Phi) is 5.64. The SMILES string of the molecule is Cc1ccc2nc(C(C#N)=Cc3cc(Br)ccc3OCc3ccc(F)cc3)[nH]c2c1. The van der Waals surface area contributed by atoms with Gasteiger partial charge in [0.05, 0.1) is 16.6 Å². The first-order valence-corrected chi connectivity index (χ1v) is 10.1. The maximum Gasteiger partial charge on any atom is 0.149 e. The number of allylic oxidation sites excluding steroid dienone is 1. The number of aromatic amines is 1. The molecule has 0 amide bonds. The molecule has 6 heteroatoms. The van der Waals surface area contributed by atoms with Crippen LogP contribution < -0.4 is 4.74 Å². The number of rotatable bonds is 5. The molecule has 30 heavy (non-hydrogen) atoms. The molecule has 0 atom stereocenters. The lowest BCUT2D eigenvalue weighted by molar-refractivity contribution is 0.305. The Hall–Kier alpha value is -3.43. The van der Waals surface area contributed by atoms with Crippen LogP contribution >= 0.6 is 15.9 Å². The Bertz CT molecular complexity index is 1290. The Labute approximate surface area is 181 Å². The first-order chi connectivity index (χ1) is 14.5. The van der Waals surface area contributed by atoms with Crippen molar-refractivity contribution in [3.63, 3.8) is 0 Å². The molecular formula is C24H17BrFN3O. The highest BCUT2D eigenvalue weighted by Crippen LogP contribution is 2.28. The fourth-order valence-corrected chi connectivity index (χ4v) is 3.44. The maximum absolute atomic E-state index is 13.1. The molecule has 0 radical (unpaired) electrons. The molecule has 1 aromatic heterocycles. The van der Waals surface area contributed by atoms with Crippen molar-refractivity contribution in [2.75, 3.05) is 0 Å². The summed E-state index contributed by atoms with van der Waals surface area (Å²) in [6.07, 6.45) is 1.75. The Morgan fingerprint density at radius 3 is 2.73 bits per heavy atom. The van der Waals surface area contributed by atoms with E-state index in [2.05, 4.69) is 32.0 Å². The third kappa shape index (κ3) is 4.42. The van der Waals surface area contributed by atoms with Gasteiger partial charge in [0.25, 0.3) is 0 Å². The first kappa shape index (κ1) is 19.9. The molecule has 0 fully saturated rings. The predicted octanol–water partition coefficient (Wildman–Crippen LogP) is 6.42. The Morgan fingerprint density at radius 1 is 1.17 bits per heavy atom. The van der Waals surface area contributed by atoms with E-state index in [1.807, 2.05) is 43.3 Å². The molecule has 4 nitrogen and oxygen atoms in total. The van der Waals surface area contributed by atoms with Crippen molar-refractivity contribution in [3.8, 4) is 11.8 Å². The van der Waals surface area contributed by atoms with Crippen LogP contribution in [-0.4, -0.2) is 9.97 Å². The van der Waals surface area contributed by atoms with Gasteiger partial charge in [-0.15, -0.1) is 0 Å². The van der Waals surface area contributed by atoms with Crippen LogP contribution in [0.4, 0.5) is 4.39 Å². The van der Waals surface area contributed by atoms with Gasteiger partial charge in [0.1, 0.15) is 30.1 Å². The van der Waals surface area contributed by atoms with Crippen molar-refractivity contribution < 1.29 is 9.13 Å². The lowest BCUT2D eigenvalue weighted by Gasteiger charge is -2.10. The van der Waals surface area contributed by atoms with E-state index >= 15 is 0 Å². The molecule has 1 heterocycles. The lowest BCUT2D eigenvalue weighted by atomic mass is 10.1. The lowest BCUT2D eigenvalue weighted by Crippen LogP contribution is -1.97. The van der Waals surface area contributed by atoms with Crippen molar-refractivity contribution in [1.29, 1.82) is 5.26 Å². The van der Waals surface area contributed by atoms with E-state index in [1.165, 1.54) is 12.1 Å². The van der Waals surface area contributed by atoms with Gasteiger partial charge in [-0.05, 0) is 66.6 Å². The largest absolute Gasteiger partial charge is 0.488 e. The summed E-state index contributed by atoms with van der Waals surface area (Å²) in [6, 6.07) is 19.9.